The van der Waals surface area contributed by atoms with Crippen molar-refractivity contribution in [3.05, 3.63) is 27.7 Å². The van der Waals surface area contributed by atoms with Gasteiger partial charge in [0.2, 0.25) is 0 Å². The van der Waals surface area contributed by atoms with Crippen molar-refractivity contribution in [1.82, 2.24) is 4.90 Å². The number of piperidine rings is 1. The normalized spacial score (nSPS) is 17.7. The van der Waals surface area contributed by atoms with Gasteiger partial charge < -0.3 is 4.74 Å². The van der Waals surface area contributed by atoms with Crippen LogP contribution in [-0.2, 0) is 0 Å². The Morgan fingerprint density at radius 1 is 1.18 bits per heavy atom. The average Bonchev–Trinajstić information content (AvgIpc) is 2.44. The molecular weight excluding hydrogens is 359 g/mol. The van der Waals surface area contributed by atoms with E-state index < -0.39 is 12.1 Å². The highest BCUT2D eigenvalue weighted by atomic mass is 79.9. The van der Waals surface area contributed by atoms with Gasteiger partial charge in [-0.2, -0.15) is 13.2 Å². The SMILES string of the molecule is Cc1cc(OCCN2CCC(C(F)(F)F)CC2)cc(C)c1Br. The quantitative estimate of drug-likeness (QED) is 0.750. The molecule has 1 heterocycles. The Balaban J connectivity index is 1.76. The van der Waals surface area contributed by atoms with Gasteiger partial charge in [0.25, 0.3) is 0 Å². The van der Waals surface area contributed by atoms with Crippen LogP contribution in [0.2, 0.25) is 0 Å². The molecule has 0 unspecified atom stereocenters. The van der Waals surface area contributed by atoms with Gasteiger partial charge in [-0.15, -0.1) is 0 Å². The van der Waals surface area contributed by atoms with Crippen LogP contribution in [0.5, 0.6) is 5.75 Å². The molecule has 1 aromatic rings. The molecule has 6 heteroatoms. The number of benzene rings is 1. The average molecular weight is 380 g/mol. The number of alkyl halides is 3. The van der Waals surface area contributed by atoms with Gasteiger partial charge in [0, 0.05) is 11.0 Å². The highest BCUT2D eigenvalue weighted by Gasteiger charge is 2.40. The maximum Gasteiger partial charge on any atom is 0.391 e. The van der Waals surface area contributed by atoms with Gasteiger partial charge in [-0.05, 0) is 63.0 Å². The molecule has 0 spiro atoms. The lowest BCUT2D eigenvalue weighted by Gasteiger charge is -2.32. The van der Waals surface area contributed by atoms with E-state index in [0.717, 1.165) is 21.3 Å². The molecule has 0 radical (unpaired) electrons. The minimum absolute atomic E-state index is 0.194. The second-order valence-electron chi connectivity index (χ2n) is 5.88. The molecule has 1 saturated heterocycles. The van der Waals surface area contributed by atoms with Gasteiger partial charge in [0.05, 0.1) is 5.92 Å². The summed E-state index contributed by atoms with van der Waals surface area (Å²) in [6.45, 7) is 6.16. The third-order valence-corrected chi connectivity index (χ3v) is 5.39. The van der Waals surface area contributed by atoms with Crippen molar-refractivity contribution in [2.75, 3.05) is 26.2 Å². The number of likely N-dealkylation sites (tertiary alicyclic amines) is 1. The number of halogens is 4. The van der Waals surface area contributed by atoms with Crippen LogP contribution in [0, 0.1) is 19.8 Å². The third kappa shape index (κ3) is 4.62. The van der Waals surface area contributed by atoms with E-state index in [1.807, 2.05) is 30.9 Å². The van der Waals surface area contributed by atoms with Crippen molar-refractivity contribution in [3.63, 3.8) is 0 Å². The number of ether oxygens (including phenoxy) is 1. The fraction of sp³-hybridized carbons (Fsp3) is 0.625. The minimum atomic E-state index is -4.05. The number of rotatable bonds is 4. The van der Waals surface area contributed by atoms with E-state index >= 15 is 0 Å². The maximum atomic E-state index is 12.6. The molecule has 22 heavy (non-hydrogen) atoms. The first-order valence-electron chi connectivity index (χ1n) is 7.46. The fourth-order valence-corrected chi connectivity index (χ4v) is 2.99. The van der Waals surface area contributed by atoms with Crippen LogP contribution in [0.15, 0.2) is 16.6 Å². The van der Waals surface area contributed by atoms with Crippen LogP contribution >= 0.6 is 15.9 Å². The molecule has 0 bridgehead atoms. The van der Waals surface area contributed by atoms with Crippen molar-refractivity contribution >= 4 is 15.9 Å². The van der Waals surface area contributed by atoms with Gasteiger partial charge in [0.15, 0.2) is 0 Å². The molecule has 2 rings (SSSR count). The summed E-state index contributed by atoms with van der Waals surface area (Å²) in [5, 5.41) is 0. The van der Waals surface area contributed by atoms with Crippen molar-refractivity contribution in [2.24, 2.45) is 5.92 Å². The van der Waals surface area contributed by atoms with Crippen LogP contribution < -0.4 is 4.74 Å². The molecule has 124 valence electrons. The zero-order chi connectivity index (χ0) is 16.3. The first-order valence-corrected chi connectivity index (χ1v) is 8.25. The highest BCUT2D eigenvalue weighted by molar-refractivity contribution is 9.10. The highest BCUT2D eigenvalue weighted by Crippen LogP contribution is 2.34. The molecule has 0 aliphatic carbocycles. The summed E-state index contributed by atoms with van der Waals surface area (Å²) >= 11 is 3.51. The van der Waals surface area contributed by atoms with Crippen LogP contribution in [0.3, 0.4) is 0 Å². The summed E-state index contributed by atoms with van der Waals surface area (Å²) in [5.74, 6) is -0.329. The van der Waals surface area contributed by atoms with E-state index in [1.165, 1.54) is 0 Å². The number of aryl methyl sites for hydroxylation is 2. The molecule has 1 aliphatic rings. The number of hydrogen-bond donors (Lipinski definition) is 0. The van der Waals surface area contributed by atoms with Gasteiger partial charge in [-0.25, -0.2) is 0 Å². The van der Waals surface area contributed by atoms with Crippen molar-refractivity contribution in [2.45, 2.75) is 32.9 Å². The second kappa shape index (κ2) is 7.21. The Kier molecular flexibility index (Phi) is 5.77. The lowest BCUT2D eigenvalue weighted by molar-refractivity contribution is -0.185. The van der Waals surface area contributed by atoms with Crippen LogP contribution in [0.4, 0.5) is 13.2 Å². The topological polar surface area (TPSA) is 12.5 Å². The van der Waals surface area contributed by atoms with Crippen LogP contribution in [0.1, 0.15) is 24.0 Å². The van der Waals surface area contributed by atoms with E-state index in [4.69, 9.17) is 4.74 Å². The third-order valence-electron chi connectivity index (χ3n) is 4.14. The molecule has 0 N–H and O–H groups in total. The first-order chi connectivity index (χ1) is 10.3. The monoisotopic (exact) mass is 379 g/mol. The standard InChI is InChI=1S/C16H21BrF3NO/c1-11-9-14(10-12(2)15(11)17)22-8-7-21-5-3-13(4-6-21)16(18,19)20/h9-10,13H,3-8H2,1-2H3. The zero-order valence-corrected chi connectivity index (χ0v) is 14.4. The largest absolute Gasteiger partial charge is 0.492 e. The molecule has 2 nitrogen and oxygen atoms in total. The molecule has 1 aromatic carbocycles. The zero-order valence-electron chi connectivity index (χ0n) is 12.8. The maximum absolute atomic E-state index is 12.6. The second-order valence-corrected chi connectivity index (χ2v) is 6.67. The Bertz CT molecular complexity index is 488. The summed E-state index contributed by atoms with van der Waals surface area (Å²) in [6, 6.07) is 3.93. The summed E-state index contributed by atoms with van der Waals surface area (Å²) < 4.78 is 44.6. The van der Waals surface area contributed by atoms with Gasteiger partial charge in [-0.3, -0.25) is 4.90 Å². The summed E-state index contributed by atoms with van der Waals surface area (Å²) in [7, 11) is 0. The predicted molar refractivity (Wildman–Crippen MR) is 84.3 cm³/mol. The van der Waals surface area contributed by atoms with E-state index in [9.17, 15) is 13.2 Å². The Morgan fingerprint density at radius 3 is 2.23 bits per heavy atom. The molecule has 1 fully saturated rings. The molecular formula is C16H21BrF3NO. The van der Waals surface area contributed by atoms with E-state index in [1.54, 1.807) is 0 Å². The first kappa shape index (κ1) is 17.6. The van der Waals surface area contributed by atoms with Crippen LogP contribution in [-0.4, -0.2) is 37.3 Å². The smallest absolute Gasteiger partial charge is 0.391 e. The lowest BCUT2D eigenvalue weighted by atomic mass is 9.96. The fourth-order valence-electron chi connectivity index (χ4n) is 2.77. The summed E-state index contributed by atoms with van der Waals surface area (Å²) in [6.07, 6.45) is -3.66. The van der Waals surface area contributed by atoms with Crippen LogP contribution in [0.25, 0.3) is 0 Å². The van der Waals surface area contributed by atoms with Gasteiger partial charge >= 0.3 is 6.18 Å². The number of hydrogen-bond acceptors (Lipinski definition) is 2. The van der Waals surface area contributed by atoms with E-state index in [0.29, 0.717) is 26.2 Å². The van der Waals surface area contributed by atoms with E-state index in [-0.39, 0.29) is 12.8 Å². The Hall–Kier alpha value is -0.750. The number of nitrogens with zero attached hydrogens (tertiary/aromatic N) is 1. The molecule has 0 saturated carbocycles. The van der Waals surface area contributed by atoms with E-state index in [2.05, 4.69) is 15.9 Å². The summed E-state index contributed by atoms with van der Waals surface area (Å²) in [5.41, 5.74) is 2.22. The van der Waals surface area contributed by atoms with Gasteiger partial charge in [-0.1, -0.05) is 15.9 Å². The molecule has 0 amide bonds. The molecule has 0 atom stereocenters. The lowest BCUT2D eigenvalue weighted by Crippen LogP contribution is -2.40. The predicted octanol–water partition coefficient (Wildman–Crippen LogP) is 4.72. The van der Waals surface area contributed by atoms with Crippen molar-refractivity contribution in [1.29, 1.82) is 0 Å². The summed E-state index contributed by atoms with van der Waals surface area (Å²) in [4.78, 5) is 2.04. The van der Waals surface area contributed by atoms with Crippen molar-refractivity contribution < 1.29 is 17.9 Å². The van der Waals surface area contributed by atoms with Crippen molar-refractivity contribution in [3.8, 4) is 5.75 Å². The Morgan fingerprint density at radius 2 is 1.73 bits per heavy atom. The van der Waals surface area contributed by atoms with Gasteiger partial charge in [0.1, 0.15) is 12.4 Å². The Labute approximate surface area is 137 Å². The minimum Gasteiger partial charge on any atom is -0.492 e. The molecule has 1 aliphatic heterocycles. The molecule has 0 aromatic heterocycles.